The first-order chi connectivity index (χ1) is 10.6. The molecule has 0 atom stereocenters. The van der Waals surface area contributed by atoms with Gasteiger partial charge in [0.1, 0.15) is 11.6 Å². The lowest BCUT2D eigenvalue weighted by Crippen LogP contribution is -2.31. The van der Waals surface area contributed by atoms with Crippen LogP contribution in [0.5, 0.6) is 0 Å². The lowest BCUT2D eigenvalue weighted by molar-refractivity contribution is -0.131. The summed E-state index contributed by atoms with van der Waals surface area (Å²) in [6, 6.07) is 6.48. The Labute approximate surface area is 129 Å². The molecule has 2 rings (SSSR count). The number of imidazole rings is 1. The minimum absolute atomic E-state index is 0.0557. The molecule has 2 aromatic rings. The molecule has 1 aromatic carbocycles. The Morgan fingerprint density at radius 1 is 1.50 bits per heavy atom. The highest BCUT2D eigenvalue weighted by Crippen LogP contribution is 2.10. The van der Waals surface area contributed by atoms with Gasteiger partial charge in [0.15, 0.2) is 0 Å². The van der Waals surface area contributed by atoms with Crippen LogP contribution in [0.2, 0.25) is 0 Å². The summed E-state index contributed by atoms with van der Waals surface area (Å²) in [5.74, 6) is 0.571. The van der Waals surface area contributed by atoms with E-state index in [9.17, 15) is 9.18 Å². The number of amides is 1. The van der Waals surface area contributed by atoms with Crippen molar-refractivity contribution < 1.29 is 9.18 Å². The minimum atomic E-state index is -0.256. The Kier molecular flexibility index (Phi) is 5.47. The molecule has 0 bridgehead atoms. The Bertz CT molecular complexity index is 651. The fraction of sp³-hybridized carbons (Fsp3) is 0.294. The molecule has 0 saturated heterocycles. The summed E-state index contributed by atoms with van der Waals surface area (Å²) in [5.41, 5.74) is 0.858. The molecular formula is C17H20FN3O. The number of benzene rings is 1. The summed E-state index contributed by atoms with van der Waals surface area (Å²) in [6.45, 7) is 6.94. The average molecular weight is 301 g/mol. The number of hydrogen-bond donors (Lipinski definition) is 0. The van der Waals surface area contributed by atoms with E-state index in [2.05, 4.69) is 11.6 Å². The van der Waals surface area contributed by atoms with E-state index in [-0.39, 0.29) is 11.7 Å². The number of carbonyl (C=O) groups is 1. The normalized spacial score (nSPS) is 10.5. The largest absolute Gasteiger partial charge is 0.332 e. The van der Waals surface area contributed by atoms with E-state index >= 15 is 0 Å². The molecule has 0 aliphatic carbocycles. The number of carbonyl (C=O) groups excluding carboxylic acids is 1. The first kappa shape index (κ1) is 15.9. The molecule has 5 heteroatoms. The van der Waals surface area contributed by atoms with Gasteiger partial charge in [0, 0.05) is 31.9 Å². The topological polar surface area (TPSA) is 38.1 Å². The second-order valence-electron chi connectivity index (χ2n) is 5.02. The van der Waals surface area contributed by atoms with Crippen LogP contribution >= 0.6 is 0 Å². The average Bonchev–Trinajstić information content (AvgIpc) is 2.93. The van der Waals surface area contributed by atoms with Gasteiger partial charge >= 0.3 is 0 Å². The zero-order chi connectivity index (χ0) is 15.9. The molecule has 0 aliphatic heterocycles. The first-order valence-corrected chi connectivity index (χ1v) is 7.27. The van der Waals surface area contributed by atoms with Gasteiger partial charge in [0.25, 0.3) is 0 Å². The predicted octanol–water partition coefficient (Wildman–Crippen LogP) is 3.00. The van der Waals surface area contributed by atoms with Crippen LogP contribution in [0.25, 0.3) is 0 Å². The van der Waals surface area contributed by atoms with E-state index in [1.165, 1.54) is 12.1 Å². The van der Waals surface area contributed by atoms with E-state index in [4.69, 9.17) is 0 Å². The van der Waals surface area contributed by atoms with E-state index in [0.29, 0.717) is 26.1 Å². The van der Waals surface area contributed by atoms with Crippen LogP contribution in [-0.2, 0) is 17.9 Å². The van der Waals surface area contributed by atoms with E-state index in [1.54, 1.807) is 23.2 Å². The maximum Gasteiger partial charge on any atom is 0.222 e. The molecule has 0 saturated carbocycles. The Balaban J connectivity index is 2.14. The quantitative estimate of drug-likeness (QED) is 0.737. The van der Waals surface area contributed by atoms with Gasteiger partial charge < -0.3 is 9.47 Å². The van der Waals surface area contributed by atoms with Gasteiger partial charge in [-0.1, -0.05) is 25.1 Å². The monoisotopic (exact) mass is 301 g/mol. The van der Waals surface area contributed by atoms with Crippen molar-refractivity contribution in [2.75, 3.05) is 6.54 Å². The standard InChI is InChI=1S/C17H20FN3O/c1-3-9-21(17(22)4-2)13-16-19-8-10-20(16)12-14-6-5-7-15(18)11-14/h3,5-8,10-11H,1,4,9,12-13H2,2H3. The van der Waals surface area contributed by atoms with E-state index in [0.717, 1.165) is 11.4 Å². The molecule has 1 amide bonds. The van der Waals surface area contributed by atoms with Crippen molar-refractivity contribution in [2.24, 2.45) is 0 Å². The Morgan fingerprint density at radius 2 is 2.32 bits per heavy atom. The second-order valence-corrected chi connectivity index (χ2v) is 5.02. The molecule has 1 heterocycles. The summed E-state index contributed by atoms with van der Waals surface area (Å²) < 4.78 is 15.2. The molecule has 4 nitrogen and oxygen atoms in total. The minimum Gasteiger partial charge on any atom is -0.332 e. The van der Waals surface area contributed by atoms with Crippen molar-refractivity contribution in [1.82, 2.24) is 14.5 Å². The maximum atomic E-state index is 13.3. The van der Waals surface area contributed by atoms with E-state index < -0.39 is 0 Å². The number of hydrogen-bond acceptors (Lipinski definition) is 2. The molecule has 0 fully saturated rings. The maximum absolute atomic E-state index is 13.3. The summed E-state index contributed by atoms with van der Waals surface area (Å²) >= 11 is 0. The summed E-state index contributed by atoms with van der Waals surface area (Å²) in [7, 11) is 0. The zero-order valence-electron chi connectivity index (χ0n) is 12.7. The molecule has 0 N–H and O–H groups in total. The van der Waals surface area contributed by atoms with Crippen LogP contribution in [-0.4, -0.2) is 26.9 Å². The van der Waals surface area contributed by atoms with Crippen LogP contribution in [0.3, 0.4) is 0 Å². The number of aromatic nitrogens is 2. The molecule has 0 aliphatic rings. The second kappa shape index (κ2) is 7.54. The van der Waals surface area contributed by atoms with Gasteiger partial charge in [-0.3, -0.25) is 4.79 Å². The zero-order valence-corrected chi connectivity index (χ0v) is 12.7. The van der Waals surface area contributed by atoms with Gasteiger partial charge in [-0.2, -0.15) is 0 Å². The van der Waals surface area contributed by atoms with Crippen LogP contribution in [0.4, 0.5) is 4.39 Å². The molecule has 22 heavy (non-hydrogen) atoms. The molecular weight excluding hydrogens is 281 g/mol. The first-order valence-electron chi connectivity index (χ1n) is 7.27. The third kappa shape index (κ3) is 4.04. The molecule has 116 valence electrons. The highest BCUT2D eigenvalue weighted by molar-refractivity contribution is 5.75. The smallest absolute Gasteiger partial charge is 0.222 e. The van der Waals surface area contributed by atoms with Crippen LogP contribution in [0.15, 0.2) is 49.3 Å². The van der Waals surface area contributed by atoms with Gasteiger partial charge in [-0.25, -0.2) is 9.37 Å². The SMILES string of the molecule is C=CCN(Cc1nccn1Cc1cccc(F)c1)C(=O)CC. The van der Waals surface area contributed by atoms with Gasteiger partial charge in [0.2, 0.25) is 5.91 Å². The Hall–Kier alpha value is -2.43. The van der Waals surface area contributed by atoms with Crippen molar-refractivity contribution in [3.05, 3.63) is 66.5 Å². The highest BCUT2D eigenvalue weighted by Gasteiger charge is 2.14. The van der Waals surface area contributed by atoms with Crippen molar-refractivity contribution in [3.63, 3.8) is 0 Å². The molecule has 0 radical (unpaired) electrons. The summed E-state index contributed by atoms with van der Waals surface area (Å²) in [6.07, 6.45) is 5.67. The number of rotatable bonds is 7. The third-order valence-electron chi connectivity index (χ3n) is 3.38. The summed E-state index contributed by atoms with van der Waals surface area (Å²) in [4.78, 5) is 18.0. The van der Waals surface area contributed by atoms with Crippen molar-refractivity contribution in [1.29, 1.82) is 0 Å². The van der Waals surface area contributed by atoms with Gasteiger partial charge in [-0.05, 0) is 17.7 Å². The van der Waals surface area contributed by atoms with Crippen LogP contribution < -0.4 is 0 Å². The number of halogens is 1. The van der Waals surface area contributed by atoms with Gasteiger partial charge in [-0.15, -0.1) is 6.58 Å². The summed E-state index contributed by atoms with van der Waals surface area (Å²) in [5, 5.41) is 0. The fourth-order valence-electron chi connectivity index (χ4n) is 2.27. The van der Waals surface area contributed by atoms with Crippen molar-refractivity contribution in [3.8, 4) is 0 Å². The van der Waals surface area contributed by atoms with Crippen LogP contribution in [0, 0.1) is 5.82 Å². The molecule has 0 unspecified atom stereocenters. The number of nitrogens with zero attached hydrogens (tertiary/aromatic N) is 3. The van der Waals surface area contributed by atoms with Gasteiger partial charge in [0.05, 0.1) is 6.54 Å². The van der Waals surface area contributed by atoms with Crippen molar-refractivity contribution in [2.45, 2.75) is 26.4 Å². The van der Waals surface area contributed by atoms with Crippen molar-refractivity contribution >= 4 is 5.91 Å². The van der Waals surface area contributed by atoms with E-state index in [1.807, 2.05) is 23.8 Å². The van der Waals surface area contributed by atoms with Crippen LogP contribution in [0.1, 0.15) is 24.7 Å². The third-order valence-corrected chi connectivity index (χ3v) is 3.38. The highest BCUT2D eigenvalue weighted by atomic mass is 19.1. The lowest BCUT2D eigenvalue weighted by atomic mass is 10.2. The predicted molar refractivity (Wildman–Crippen MR) is 83.6 cm³/mol. The lowest BCUT2D eigenvalue weighted by Gasteiger charge is -2.20. The Morgan fingerprint density at radius 3 is 3.00 bits per heavy atom. The fourth-order valence-corrected chi connectivity index (χ4v) is 2.27. The molecule has 0 spiro atoms. The molecule has 1 aromatic heterocycles.